The minimum atomic E-state index is -4.66. The monoisotopic (exact) mass is 565 g/mol. The van der Waals surface area contributed by atoms with Gasteiger partial charge in [0.25, 0.3) is 5.91 Å². The van der Waals surface area contributed by atoms with Crippen LogP contribution in [-0.2, 0) is 11.0 Å². The Hall–Kier alpha value is -4.36. The maximum Gasteiger partial charge on any atom is 0.417 e. The molecule has 0 saturated heterocycles. The number of aromatic nitrogens is 1. The van der Waals surface area contributed by atoms with Crippen molar-refractivity contribution in [3.05, 3.63) is 77.1 Å². The van der Waals surface area contributed by atoms with Crippen molar-refractivity contribution in [2.45, 2.75) is 25.4 Å². The van der Waals surface area contributed by atoms with E-state index in [0.717, 1.165) is 12.1 Å². The molecule has 39 heavy (non-hydrogen) atoms. The number of urea groups is 1. The summed E-state index contributed by atoms with van der Waals surface area (Å²) in [6.07, 6.45) is -2.12. The number of hydroxylamine groups is 1. The average Bonchev–Trinajstić information content (AvgIpc) is 2.90. The number of nitrogens with one attached hydrogen (secondary N) is 4. The fraction of sp³-hybridized carbons (Fsp3) is 0.200. The molecule has 0 fully saturated rings. The zero-order valence-corrected chi connectivity index (χ0v) is 20.9. The minimum Gasteiger partial charge on any atom is -0.457 e. The number of halogens is 4. The largest absolute Gasteiger partial charge is 0.457 e. The van der Waals surface area contributed by atoms with Gasteiger partial charge < -0.3 is 20.7 Å². The lowest BCUT2D eigenvalue weighted by atomic mass is 10.2. The second-order valence-electron chi connectivity index (χ2n) is 8.02. The third-order valence-corrected chi connectivity index (χ3v) is 5.41. The van der Waals surface area contributed by atoms with Crippen molar-refractivity contribution in [2.75, 3.05) is 17.2 Å². The van der Waals surface area contributed by atoms with Crippen molar-refractivity contribution in [3.8, 4) is 11.5 Å². The predicted molar refractivity (Wildman–Crippen MR) is 136 cm³/mol. The number of ether oxygens (including phenoxy) is 1. The second kappa shape index (κ2) is 13.4. The first kappa shape index (κ1) is 29.2. The van der Waals surface area contributed by atoms with Crippen molar-refractivity contribution < 1.29 is 37.5 Å². The fourth-order valence-electron chi connectivity index (χ4n) is 3.21. The number of carbonyl (C=O) groups excluding carboxylic acids is 3. The van der Waals surface area contributed by atoms with Crippen molar-refractivity contribution in [1.82, 2.24) is 15.8 Å². The Morgan fingerprint density at radius 3 is 2.31 bits per heavy atom. The molecule has 0 aliphatic heterocycles. The van der Waals surface area contributed by atoms with Crippen LogP contribution in [0.25, 0.3) is 0 Å². The van der Waals surface area contributed by atoms with Crippen LogP contribution in [0.2, 0.25) is 5.02 Å². The predicted octanol–water partition coefficient (Wildman–Crippen LogP) is 5.60. The molecule has 206 valence electrons. The Labute approximate surface area is 225 Å². The first-order chi connectivity index (χ1) is 18.5. The average molecular weight is 566 g/mol. The molecular weight excluding hydrogens is 543 g/mol. The lowest BCUT2D eigenvalue weighted by Gasteiger charge is -2.12. The van der Waals surface area contributed by atoms with Gasteiger partial charge in [-0.05, 0) is 61.4 Å². The third kappa shape index (κ3) is 9.16. The van der Waals surface area contributed by atoms with Crippen molar-refractivity contribution in [2.24, 2.45) is 0 Å². The Balaban J connectivity index is 1.51. The first-order valence-electron chi connectivity index (χ1n) is 11.4. The number of unbranched alkanes of at least 4 members (excludes halogenated alkanes) is 1. The number of carbonyl (C=O) groups is 3. The number of anilines is 2. The quantitative estimate of drug-likeness (QED) is 0.123. The standard InChI is InChI=1S/C25H23ClF3N5O5/c26-20-9-6-16(13-19(20)25(27,28)29)33-24(37)32-15-4-7-17(8-5-15)39-18-10-12-30-21(14-18)23(36)31-11-2-1-3-22(35)34-38/h4-10,12-14,38H,1-3,11H2,(H,31,36)(H,34,35)(H2,32,33,37). The maximum absolute atomic E-state index is 13.0. The van der Waals surface area contributed by atoms with Gasteiger partial charge in [-0.3, -0.25) is 19.8 Å². The van der Waals surface area contributed by atoms with Crippen LogP contribution in [0.3, 0.4) is 0 Å². The molecule has 0 unspecified atom stereocenters. The van der Waals surface area contributed by atoms with Gasteiger partial charge in [0.15, 0.2) is 0 Å². The number of hydrogen-bond acceptors (Lipinski definition) is 6. The Morgan fingerprint density at radius 2 is 1.62 bits per heavy atom. The van der Waals surface area contributed by atoms with Gasteiger partial charge in [0.1, 0.15) is 17.2 Å². The number of pyridine rings is 1. The van der Waals surface area contributed by atoms with Gasteiger partial charge in [-0.2, -0.15) is 13.2 Å². The molecule has 0 radical (unpaired) electrons. The van der Waals surface area contributed by atoms with Crippen LogP contribution < -0.4 is 26.2 Å². The summed E-state index contributed by atoms with van der Waals surface area (Å²) in [5, 5.41) is 15.5. The van der Waals surface area contributed by atoms with Crippen LogP contribution >= 0.6 is 11.6 Å². The van der Waals surface area contributed by atoms with Crippen LogP contribution in [0.4, 0.5) is 29.3 Å². The molecule has 0 bridgehead atoms. The minimum absolute atomic E-state index is 0.0872. The van der Waals surface area contributed by atoms with Gasteiger partial charge in [0.2, 0.25) is 5.91 Å². The molecule has 1 aromatic heterocycles. The zero-order valence-electron chi connectivity index (χ0n) is 20.1. The summed E-state index contributed by atoms with van der Waals surface area (Å²) in [5.74, 6) is -0.217. The van der Waals surface area contributed by atoms with E-state index in [0.29, 0.717) is 36.6 Å². The van der Waals surface area contributed by atoms with Gasteiger partial charge in [-0.1, -0.05) is 11.6 Å². The van der Waals surface area contributed by atoms with Gasteiger partial charge in [-0.15, -0.1) is 0 Å². The summed E-state index contributed by atoms with van der Waals surface area (Å²) in [6, 6.07) is 11.4. The number of benzene rings is 2. The molecule has 0 atom stereocenters. The molecule has 0 aliphatic carbocycles. The Morgan fingerprint density at radius 1 is 0.923 bits per heavy atom. The molecule has 2 aromatic carbocycles. The molecule has 3 aromatic rings. The number of hydrogen-bond donors (Lipinski definition) is 5. The Kier molecular flexibility index (Phi) is 10.1. The molecular formula is C25H23ClF3N5O5. The molecule has 0 aliphatic rings. The summed E-state index contributed by atoms with van der Waals surface area (Å²) in [5.41, 5.74) is 0.846. The topological polar surface area (TPSA) is 142 Å². The lowest BCUT2D eigenvalue weighted by Crippen LogP contribution is -2.25. The van der Waals surface area contributed by atoms with Gasteiger partial charge in [-0.25, -0.2) is 10.3 Å². The molecule has 3 rings (SSSR count). The second-order valence-corrected chi connectivity index (χ2v) is 8.43. The molecule has 1 heterocycles. The van der Waals surface area contributed by atoms with Crippen LogP contribution in [0.5, 0.6) is 11.5 Å². The number of alkyl halides is 3. The van der Waals surface area contributed by atoms with E-state index in [1.54, 1.807) is 18.2 Å². The van der Waals surface area contributed by atoms with Crippen LogP contribution in [0.1, 0.15) is 35.3 Å². The normalized spacial score (nSPS) is 10.9. The molecule has 0 spiro atoms. The summed E-state index contributed by atoms with van der Waals surface area (Å²) >= 11 is 5.59. The van der Waals surface area contributed by atoms with Crippen LogP contribution in [-0.4, -0.2) is 34.6 Å². The highest BCUT2D eigenvalue weighted by Gasteiger charge is 2.33. The van der Waals surface area contributed by atoms with Gasteiger partial charge >= 0.3 is 12.2 Å². The van der Waals surface area contributed by atoms with Crippen molar-refractivity contribution in [3.63, 3.8) is 0 Å². The molecule has 0 saturated carbocycles. The van der Waals surface area contributed by atoms with Crippen molar-refractivity contribution >= 4 is 40.8 Å². The third-order valence-electron chi connectivity index (χ3n) is 5.08. The summed E-state index contributed by atoms with van der Waals surface area (Å²) in [7, 11) is 0. The molecule has 10 nitrogen and oxygen atoms in total. The summed E-state index contributed by atoms with van der Waals surface area (Å²) in [6.45, 7) is 0.313. The van der Waals surface area contributed by atoms with E-state index < -0.39 is 34.6 Å². The van der Waals surface area contributed by atoms with Gasteiger partial charge in [0.05, 0.1) is 10.6 Å². The highest BCUT2D eigenvalue weighted by molar-refractivity contribution is 6.31. The van der Waals surface area contributed by atoms with E-state index in [4.69, 9.17) is 21.5 Å². The van der Waals surface area contributed by atoms with E-state index in [2.05, 4.69) is 20.9 Å². The molecule has 4 amide bonds. The first-order valence-corrected chi connectivity index (χ1v) is 11.8. The van der Waals surface area contributed by atoms with Crippen molar-refractivity contribution in [1.29, 1.82) is 0 Å². The number of nitrogens with zero attached hydrogens (tertiary/aromatic N) is 1. The lowest BCUT2D eigenvalue weighted by molar-refractivity contribution is -0.137. The zero-order chi connectivity index (χ0) is 28.4. The van der Waals surface area contributed by atoms with E-state index in [-0.39, 0.29) is 17.8 Å². The highest BCUT2D eigenvalue weighted by Crippen LogP contribution is 2.36. The molecule has 5 N–H and O–H groups in total. The Bertz CT molecular complexity index is 1320. The number of amides is 4. The van der Waals surface area contributed by atoms with Crippen LogP contribution in [0.15, 0.2) is 60.8 Å². The fourth-order valence-corrected chi connectivity index (χ4v) is 3.44. The summed E-state index contributed by atoms with van der Waals surface area (Å²) in [4.78, 5) is 39.5. The number of rotatable bonds is 10. The maximum atomic E-state index is 13.0. The van der Waals surface area contributed by atoms with E-state index in [1.165, 1.54) is 35.9 Å². The van der Waals surface area contributed by atoms with E-state index in [1.807, 2.05) is 0 Å². The summed E-state index contributed by atoms with van der Waals surface area (Å²) < 4.78 is 44.8. The van der Waals surface area contributed by atoms with E-state index >= 15 is 0 Å². The SMILES string of the molecule is O=C(CCCCNC(=O)c1cc(Oc2ccc(NC(=O)Nc3ccc(Cl)c(C(F)(F)F)c3)cc2)ccn1)NO. The van der Waals surface area contributed by atoms with E-state index in [9.17, 15) is 27.6 Å². The van der Waals surface area contributed by atoms with Gasteiger partial charge in [0, 0.05) is 36.6 Å². The van der Waals surface area contributed by atoms with Crippen LogP contribution in [0, 0.1) is 0 Å². The highest BCUT2D eigenvalue weighted by atomic mass is 35.5. The molecule has 14 heteroatoms. The smallest absolute Gasteiger partial charge is 0.417 e.